The molecule has 0 atom stereocenters. The van der Waals surface area contributed by atoms with E-state index in [2.05, 4.69) is 52.1 Å². The van der Waals surface area contributed by atoms with Gasteiger partial charge in [-0.15, -0.1) is 0 Å². The maximum Gasteiger partial charge on any atom is 0.341 e. The lowest BCUT2D eigenvalue weighted by atomic mass is 9.62. The summed E-state index contributed by atoms with van der Waals surface area (Å²) in [4.78, 5) is 35.0. The van der Waals surface area contributed by atoms with Crippen molar-refractivity contribution in [1.82, 2.24) is 0 Å². The van der Waals surface area contributed by atoms with Crippen molar-refractivity contribution in [3.63, 3.8) is 0 Å². The summed E-state index contributed by atoms with van der Waals surface area (Å²) in [7, 11) is 2.34. The second-order valence-electron chi connectivity index (χ2n) is 11.4. The quantitative estimate of drug-likeness (QED) is 0.243. The van der Waals surface area contributed by atoms with Gasteiger partial charge in [-0.25, -0.2) is 0 Å². The highest BCUT2D eigenvalue weighted by Crippen LogP contribution is 2.48. The van der Waals surface area contributed by atoms with Crippen LogP contribution in [0.1, 0.15) is 79.1 Å². The number of nitro groups is 2. The standard InChI is InChI=1S/C29H33N3O8/c1-16-12-19-20(29(4,5)11-10-28(19,2)3)14-17(16)13-18-8-9-21(40-18)27(33)30-24-25(31(34)35)22(38-6)15-23(39-7)26(24)32(36)37/h8-9,12,14-15H,10-11,13H2,1-7H3,(H,30,33). The topological polar surface area (TPSA) is 147 Å². The number of nitrogens with zero attached hydrogens (tertiary/aromatic N) is 2. The van der Waals surface area contributed by atoms with Crippen LogP contribution >= 0.6 is 0 Å². The SMILES string of the molecule is COc1cc(OC)c([N+](=O)[O-])c(NC(=O)c2ccc(Cc3cc4c(cc3C)C(C)(C)CCC4(C)C)o2)c1[N+](=O)[O-]. The van der Waals surface area contributed by atoms with Gasteiger partial charge < -0.3 is 19.2 Å². The minimum atomic E-state index is -0.891. The van der Waals surface area contributed by atoms with Crippen LogP contribution in [0.3, 0.4) is 0 Å². The Morgan fingerprint density at radius 1 is 0.925 bits per heavy atom. The molecule has 0 spiro atoms. The summed E-state index contributed by atoms with van der Waals surface area (Å²) < 4.78 is 15.9. The Hall–Kier alpha value is -4.41. The van der Waals surface area contributed by atoms with Gasteiger partial charge in [0.2, 0.25) is 17.2 Å². The van der Waals surface area contributed by atoms with E-state index in [1.54, 1.807) is 6.07 Å². The molecule has 1 aromatic heterocycles. The summed E-state index contributed by atoms with van der Waals surface area (Å²) in [6.07, 6.45) is 2.61. The number of anilines is 1. The molecule has 0 radical (unpaired) electrons. The average Bonchev–Trinajstić information content (AvgIpc) is 3.35. The summed E-state index contributed by atoms with van der Waals surface area (Å²) in [5.74, 6) is -1.16. The first-order chi connectivity index (χ1) is 18.7. The highest BCUT2D eigenvalue weighted by atomic mass is 16.6. The van der Waals surface area contributed by atoms with E-state index in [1.807, 2.05) is 0 Å². The predicted molar refractivity (Wildman–Crippen MR) is 149 cm³/mol. The summed E-state index contributed by atoms with van der Waals surface area (Å²) in [5, 5.41) is 25.9. The molecule has 2 aromatic carbocycles. The number of methoxy groups -OCH3 is 2. The third-order valence-corrected chi connectivity index (χ3v) is 7.81. The first kappa shape index (κ1) is 28.6. The number of fused-ring (bicyclic) bond motifs is 1. The number of furan rings is 1. The first-order valence-electron chi connectivity index (χ1n) is 12.8. The maximum atomic E-state index is 13.1. The molecule has 0 aliphatic heterocycles. The van der Waals surface area contributed by atoms with Crippen molar-refractivity contribution in [3.8, 4) is 11.5 Å². The van der Waals surface area contributed by atoms with E-state index in [-0.39, 0.29) is 28.1 Å². The lowest BCUT2D eigenvalue weighted by Crippen LogP contribution is -2.34. The number of rotatable bonds is 8. The minimum absolute atomic E-state index is 0.0305. The minimum Gasteiger partial charge on any atom is -0.490 e. The molecule has 0 fully saturated rings. The number of ether oxygens (including phenoxy) is 2. The summed E-state index contributed by atoms with van der Waals surface area (Å²) in [5.41, 5.74) is 2.74. The molecule has 4 rings (SSSR count). The smallest absolute Gasteiger partial charge is 0.341 e. The number of aryl methyl sites for hydroxylation is 1. The second-order valence-corrected chi connectivity index (χ2v) is 11.4. The Balaban J connectivity index is 1.67. The molecule has 11 nitrogen and oxygen atoms in total. The average molecular weight is 552 g/mol. The van der Waals surface area contributed by atoms with Gasteiger partial charge in [-0.05, 0) is 65.0 Å². The molecule has 1 amide bonds. The van der Waals surface area contributed by atoms with Crippen LogP contribution in [0.15, 0.2) is 34.7 Å². The Kier molecular flexibility index (Phi) is 7.35. The number of nitrogens with one attached hydrogen (secondary N) is 1. The van der Waals surface area contributed by atoms with Crippen LogP contribution in [0.5, 0.6) is 11.5 Å². The summed E-state index contributed by atoms with van der Waals surface area (Å²) in [6.45, 7) is 11.1. The van der Waals surface area contributed by atoms with Gasteiger partial charge in [-0.3, -0.25) is 25.0 Å². The number of hydrogen-bond donors (Lipinski definition) is 1. The van der Waals surface area contributed by atoms with E-state index in [9.17, 15) is 25.0 Å². The van der Waals surface area contributed by atoms with E-state index in [1.165, 1.54) is 31.4 Å². The fourth-order valence-electron chi connectivity index (χ4n) is 5.32. The lowest BCUT2D eigenvalue weighted by Gasteiger charge is -2.42. The molecule has 0 saturated heterocycles. The molecule has 1 N–H and O–H groups in total. The zero-order valence-electron chi connectivity index (χ0n) is 23.7. The van der Waals surface area contributed by atoms with Gasteiger partial charge in [0, 0.05) is 12.5 Å². The molecule has 0 unspecified atom stereocenters. The Morgan fingerprint density at radius 3 is 1.95 bits per heavy atom. The van der Waals surface area contributed by atoms with Gasteiger partial charge in [0.05, 0.1) is 24.1 Å². The maximum absolute atomic E-state index is 13.1. The zero-order chi connectivity index (χ0) is 29.6. The molecule has 1 aliphatic carbocycles. The molecule has 212 valence electrons. The number of carbonyl (C=O) groups excluding carboxylic acids is 1. The van der Waals surface area contributed by atoms with Crippen molar-refractivity contribution >= 4 is 23.0 Å². The number of benzene rings is 2. The third-order valence-electron chi connectivity index (χ3n) is 7.81. The van der Waals surface area contributed by atoms with Gasteiger partial charge >= 0.3 is 11.4 Å². The van der Waals surface area contributed by atoms with Crippen molar-refractivity contribution in [2.45, 2.75) is 64.7 Å². The molecule has 11 heteroatoms. The zero-order valence-corrected chi connectivity index (χ0v) is 23.7. The fraction of sp³-hybridized carbons (Fsp3) is 0.414. The molecule has 40 heavy (non-hydrogen) atoms. The van der Waals surface area contributed by atoms with Gasteiger partial charge in [-0.2, -0.15) is 0 Å². The molecule has 1 heterocycles. The largest absolute Gasteiger partial charge is 0.490 e. The van der Waals surface area contributed by atoms with Crippen LogP contribution in [-0.2, 0) is 17.3 Å². The molecule has 3 aromatic rings. The van der Waals surface area contributed by atoms with Crippen LogP contribution in [-0.4, -0.2) is 30.0 Å². The van der Waals surface area contributed by atoms with Crippen LogP contribution in [0.25, 0.3) is 0 Å². The molecular formula is C29H33N3O8. The second kappa shape index (κ2) is 10.3. The van der Waals surface area contributed by atoms with Gasteiger partial charge in [0.15, 0.2) is 5.76 Å². The summed E-state index contributed by atoms with van der Waals surface area (Å²) >= 11 is 0. The van der Waals surface area contributed by atoms with Crippen molar-refractivity contribution < 1.29 is 28.5 Å². The van der Waals surface area contributed by atoms with Crippen LogP contribution in [0.2, 0.25) is 0 Å². The summed E-state index contributed by atoms with van der Waals surface area (Å²) in [6, 6.07) is 8.58. The monoisotopic (exact) mass is 551 g/mol. The predicted octanol–water partition coefficient (Wildman–Crippen LogP) is 6.61. The first-order valence-corrected chi connectivity index (χ1v) is 12.8. The van der Waals surface area contributed by atoms with Gasteiger partial charge in [0.25, 0.3) is 5.91 Å². The molecule has 0 saturated carbocycles. The molecule has 1 aliphatic rings. The van der Waals surface area contributed by atoms with E-state index < -0.39 is 32.8 Å². The van der Waals surface area contributed by atoms with Crippen molar-refractivity contribution in [2.24, 2.45) is 0 Å². The van der Waals surface area contributed by atoms with E-state index in [4.69, 9.17) is 13.9 Å². The van der Waals surface area contributed by atoms with E-state index >= 15 is 0 Å². The van der Waals surface area contributed by atoms with Crippen molar-refractivity contribution in [2.75, 3.05) is 19.5 Å². The Labute approximate surface area is 231 Å². The molecule has 0 bridgehead atoms. The van der Waals surface area contributed by atoms with E-state index in [0.29, 0.717) is 12.2 Å². The Bertz CT molecular complexity index is 1480. The van der Waals surface area contributed by atoms with Crippen LogP contribution < -0.4 is 14.8 Å². The van der Waals surface area contributed by atoms with Gasteiger partial charge in [-0.1, -0.05) is 39.8 Å². The number of hydrogen-bond acceptors (Lipinski definition) is 8. The lowest BCUT2D eigenvalue weighted by molar-refractivity contribution is -0.393. The van der Waals surface area contributed by atoms with Gasteiger partial charge in [0.1, 0.15) is 5.76 Å². The van der Waals surface area contributed by atoms with Crippen molar-refractivity contribution in [3.05, 3.63) is 84.3 Å². The number of amides is 1. The highest BCUT2D eigenvalue weighted by molar-refractivity contribution is 6.06. The van der Waals surface area contributed by atoms with Crippen LogP contribution in [0, 0.1) is 27.2 Å². The number of carbonyl (C=O) groups is 1. The van der Waals surface area contributed by atoms with E-state index in [0.717, 1.165) is 30.0 Å². The third kappa shape index (κ3) is 5.11. The number of nitro benzene ring substituents is 2. The normalized spacial score (nSPS) is 15.2. The fourth-order valence-corrected chi connectivity index (χ4v) is 5.32. The highest BCUT2D eigenvalue weighted by Gasteiger charge is 2.38. The van der Waals surface area contributed by atoms with Crippen molar-refractivity contribution in [1.29, 1.82) is 0 Å². The van der Waals surface area contributed by atoms with Crippen LogP contribution in [0.4, 0.5) is 17.1 Å². The molecular weight excluding hydrogens is 518 g/mol. The Morgan fingerprint density at radius 2 is 1.45 bits per heavy atom.